The lowest BCUT2D eigenvalue weighted by Gasteiger charge is -2.03. The molecule has 0 aromatic heterocycles. The maximum absolute atomic E-state index is 7.02. The molecular formula is C11H17ClN2O. The van der Waals surface area contributed by atoms with Crippen LogP contribution in [-0.4, -0.2) is 12.4 Å². The van der Waals surface area contributed by atoms with Crippen molar-refractivity contribution in [2.24, 2.45) is 5.73 Å². The summed E-state index contributed by atoms with van der Waals surface area (Å²) in [6.07, 6.45) is 1.44. The van der Waals surface area contributed by atoms with Gasteiger partial charge >= 0.3 is 0 Å². The first kappa shape index (κ1) is 13.9. The first-order valence-corrected chi connectivity index (χ1v) is 4.73. The van der Waals surface area contributed by atoms with Gasteiger partial charge in [-0.25, -0.2) is 0 Å². The number of rotatable bonds is 6. The third kappa shape index (κ3) is 6.94. The van der Waals surface area contributed by atoms with Gasteiger partial charge in [0.25, 0.3) is 0 Å². The highest BCUT2D eigenvalue weighted by molar-refractivity contribution is 5.85. The zero-order valence-corrected chi connectivity index (χ0v) is 9.43. The Hall–Kier alpha value is -1.06. The van der Waals surface area contributed by atoms with E-state index in [0.717, 1.165) is 6.42 Å². The monoisotopic (exact) mass is 228 g/mol. The highest BCUT2D eigenvalue weighted by Gasteiger charge is 1.93. The van der Waals surface area contributed by atoms with E-state index in [1.54, 1.807) is 0 Å². The van der Waals surface area contributed by atoms with Crippen LogP contribution < -0.4 is 5.73 Å². The summed E-state index contributed by atoms with van der Waals surface area (Å²) in [5.41, 5.74) is 6.39. The zero-order chi connectivity index (χ0) is 10.2. The molecule has 3 nitrogen and oxygen atoms in total. The SMILES string of the molecule is Cl.N=C(N)CCCOCc1ccccc1. The van der Waals surface area contributed by atoms with Crippen molar-refractivity contribution in [3.05, 3.63) is 35.9 Å². The number of amidine groups is 1. The Morgan fingerprint density at radius 1 is 1.27 bits per heavy atom. The fourth-order valence-electron chi connectivity index (χ4n) is 1.13. The second-order valence-corrected chi connectivity index (χ2v) is 3.17. The van der Waals surface area contributed by atoms with Gasteiger partial charge in [0.2, 0.25) is 0 Å². The van der Waals surface area contributed by atoms with Crippen molar-refractivity contribution in [1.29, 1.82) is 5.41 Å². The third-order valence-corrected chi connectivity index (χ3v) is 1.85. The number of halogens is 1. The third-order valence-electron chi connectivity index (χ3n) is 1.85. The van der Waals surface area contributed by atoms with Gasteiger partial charge in [0.1, 0.15) is 0 Å². The molecule has 4 heteroatoms. The number of hydrogen-bond donors (Lipinski definition) is 2. The van der Waals surface area contributed by atoms with Gasteiger partial charge in [0, 0.05) is 13.0 Å². The van der Waals surface area contributed by atoms with Gasteiger partial charge in [-0.2, -0.15) is 0 Å². The molecule has 3 N–H and O–H groups in total. The summed E-state index contributed by atoms with van der Waals surface area (Å²) < 4.78 is 5.42. The lowest BCUT2D eigenvalue weighted by atomic mass is 10.2. The quantitative estimate of drug-likeness (QED) is 0.446. The molecule has 0 heterocycles. The maximum atomic E-state index is 7.02. The average molecular weight is 229 g/mol. The molecule has 0 saturated heterocycles. The minimum absolute atomic E-state index is 0. The standard InChI is InChI=1S/C11H16N2O.ClH/c12-11(13)7-4-8-14-9-10-5-2-1-3-6-10;/h1-3,5-6H,4,7-9H2,(H3,12,13);1H. The van der Waals surface area contributed by atoms with Crippen LogP contribution in [0.25, 0.3) is 0 Å². The number of nitrogens with two attached hydrogens (primary N) is 1. The molecule has 1 aromatic rings. The second kappa shape index (κ2) is 8.26. The Balaban J connectivity index is 0.00000196. The first-order chi connectivity index (χ1) is 6.79. The van der Waals surface area contributed by atoms with Crippen LogP contribution in [0.1, 0.15) is 18.4 Å². The molecule has 0 fully saturated rings. The predicted molar refractivity (Wildman–Crippen MR) is 64.5 cm³/mol. The summed E-state index contributed by atoms with van der Waals surface area (Å²) in [6, 6.07) is 10.0. The molecule has 0 spiro atoms. The highest BCUT2D eigenvalue weighted by Crippen LogP contribution is 2.01. The predicted octanol–water partition coefficient (Wildman–Crippen LogP) is 2.34. The summed E-state index contributed by atoms with van der Waals surface area (Å²) in [4.78, 5) is 0. The van der Waals surface area contributed by atoms with E-state index >= 15 is 0 Å². The Morgan fingerprint density at radius 3 is 2.53 bits per heavy atom. The molecule has 0 aliphatic rings. The number of benzene rings is 1. The molecule has 0 radical (unpaired) electrons. The lowest BCUT2D eigenvalue weighted by Crippen LogP contribution is -2.10. The number of nitrogens with one attached hydrogen (secondary N) is 1. The second-order valence-electron chi connectivity index (χ2n) is 3.17. The Labute approximate surface area is 96.5 Å². The smallest absolute Gasteiger partial charge is 0.0906 e. The van der Waals surface area contributed by atoms with Crippen LogP contribution in [-0.2, 0) is 11.3 Å². The molecule has 0 bridgehead atoms. The van der Waals surface area contributed by atoms with Crippen molar-refractivity contribution in [2.75, 3.05) is 6.61 Å². The van der Waals surface area contributed by atoms with Gasteiger partial charge < -0.3 is 10.5 Å². The Bertz CT molecular complexity index is 277. The van der Waals surface area contributed by atoms with E-state index in [9.17, 15) is 0 Å². The summed E-state index contributed by atoms with van der Waals surface area (Å²) in [5.74, 6) is 0.230. The fourth-order valence-corrected chi connectivity index (χ4v) is 1.13. The highest BCUT2D eigenvalue weighted by atomic mass is 35.5. The summed E-state index contributed by atoms with van der Waals surface area (Å²) >= 11 is 0. The van der Waals surface area contributed by atoms with E-state index < -0.39 is 0 Å². The van der Waals surface area contributed by atoms with Crippen molar-refractivity contribution < 1.29 is 4.74 Å². The van der Waals surface area contributed by atoms with E-state index in [1.165, 1.54) is 5.56 Å². The molecule has 84 valence electrons. The van der Waals surface area contributed by atoms with Crippen LogP contribution in [0.4, 0.5) is 0 Å². The van der Waals surface area contributed by atoms with Crippen molar-refractivity contribution in [2.45, 2.75) is 19.4 Å². The van der Waals surface area contributed by atoms with Gasteiger partial charge in [0.15, 0.2) is 0 Å². The molecule has 0 atom stereocenters. The van der Waals surface area contributed by atoms with Crippen LogP contribution in [0.5, 0.6) is 0 Å². The molecule has 15 heavy (non-hydrogen) atoms. The lowest BCUT2D eigenvalue weighted by molar-refractivity contribution is 0.119. The molecule has 1 aromatic carbocycles. The van der Waals surface area contributed by atoms with Crippen molar-refractivity contribution >= 4 is 18.2 Å². The van der Waals surface area contributed by atoms with Gasteiger partial charge in [-0.3, -0.25) is 5.41 Å². The molecular weight excluding hydrogens is 212 g/mol. The van der Waals surface area contributed by atoms with Crippen LogP contribution in [0.3, 0.4) is 0 Å². The molecule has 0 unspecified atom stereocenters. The van der Waals surface area contributed by atoms with Crippen LogP contribution >= 0.6 is 12.4 Å². The van der Waals surface area contributed by atoms with Gasteiger partial charge in [-0.15, -0.1) is 12.4 Å². The van der Waals surface area contributed by atoms with Crippen molar-refractivity contribution in [1.82, 2.24) is 0 Å². The minimum atomic E-state index is 0. The van der Waals surface area contributed by atoms with Gasteiger partial charge in [-0.05, 0) is 12.0 Å². The Kier molecular flexibility index (Phi) is 7.68. The number of hydrogen-bond acceptors (Lipinski definition) is 2. The van der Waals surface area contributed by atoms with E-state index in [4.69, 9.17) is 15.9 Å². The maximum Gasteiger partial charge on any atom is 0.0906 e. The summed E-state index contributed by atoms with van der Waals surface area (Å²) in [7, 11) is 0. The number of ether oxygens (including phenoxy) is 1. The van der Waals surface area contributed by atoms with Crippen LogP contribution in [0.15, 0.2) is 30.3 Å². The van der Waals surface area contributed by atoms with E-state index in [-0.39, 0.29) is 18.2 Å². The average Bonchev–Trinajstić information content (AvgIpc) is 2.18. The van der Waals surface area contributed by atoms with Gasteiger partial charge in [0.05, 0.1) is 12.4 Å². The topological polar surface area (TPSA) is 59.1 Å². The summed E-state index contributed by atoms with van der Waals surface area (Å²) in [5, 5.41) is 7.02. The largest absolute Gasteiger partial charge is 0.388 e. The van der Waals surface area contributed by atoms with Crippen molar-refractivity contribution in [3.63, 3.8) is 0 Å². The normalized spacial score (nSPS) is 9.33. The van der Waals surface area contributed by atoms with Crippen molar-refractivity contribution in [3.8, 4) is 0 Å². The van der Waals surface area contributed by atoms with E-state index in [1.807, 2.05) is 30.3 Å². The fraction of sp³-hybridized carbons (Fsp3) is 0.364. The van der Waals surface area contributed by atoms with E-state index in [0.29, 0.717) is 19.6 Å². The van der Waals surface area contributed by atoms with Crippen LogP contribution in [0, 0.1) is 5.41 Å². The molecule has 0 aliphatic heterocycles. The molecule has 1 rings (SSSR count). The first-order valence-electron chi connectivity index (χ1n) is 4.73. The summed E-state index contributed by atoms with van der Waals surface area (Å²) in [6.45, 7) is 1.30. The molecule has 0 saturated carbocycles. The Morgan fingerprint density at radius 2 is 1.93 bits per heavy atom. The van der Waals surface area contributed by atoms with Crippen LogP contribution in [0.2, 0.25) is 0 Å². The molecule has 0 amide bonds. The van der Waals surface area contributed by atoms with Gasteiger partial charge in [-0.1, -0.05) is 30.3 Å². The zero-order valence-electron chi connectivity index (χ0n) is 8.61. The van der Waals surface area contributed by atoms with E-state index in [2.05, 4.69) is 0 Å². The molecule has 0 aliphatic carbocycles. The minimum Gasteiger partial charge on any atom is -0.388 e.